The number of nitrogen functional groups attached to an aromatic ring is 1. The number of aliphatic hydroxyl groups excluding tert-OH is 1. The molecular weight excluding hydrogens is 731 g/mol. The third-order valence-electron chi connectivity index (χ3n) is 11.9. The molecule has 11 heteroatoms. The van der Waals surface area contributed by atoms with Crippen molar-refractivity contribution < 1.29 is 29.0 Å². The molecule has 6 rings (SSSR count). The molecule has 3 fully saturated rings. The van der Waals surface area contributed by atoms with Gasteiger partial charge < -0.3 is 36.3 Å². The van der Waals surface area contributed by atoms with E-state index in [0.717, 1.165) is 67.2 Å². The first kappa shape index (κ1) is 43.3. The molecule has 6 unspecified atom stereocenters. The number of anilines is 2. The Bertz CT molecular complexity index is 1790. The molecule has 58 heavy (non-hydrogen) atoms. The molecule has 3 amide bonds. The maximum atomic E-state index is 13.8. The lowest BCUT2D eigenvalue weighted by molar-refractivity contribution is -0.255. The summed E-state index contributed by atoms with van der Waals surface area (Å²) in [5.41, 5.74) is 10.5. The van der Waals surface area contributed by atoms with Crippen molar-refractivity contribution in [1.82, 2.24) is 15.5 Å². The number of hydrogen-bond donors (Lipinski definition) is 5. The maximum Gasteiger partial charge on any atom is 0.237 e. The highest BCUT2D eigenvalue weighted by Crippen LogP contribution is 2.42. The molecule has 6 N–H and O–H groups in total. The average molecular weight is 796 g/mol. The van der Waals surface area contributed by atoms with Crippen LogP contribution < -0.4 is 21.7 Å². The molecule has 6 atom stereocenters. The Balaban J connectivity index is 1.03. The van der Waals surface area contributed by atoms with Gasteiger partial charge in [0.2, 0.25) is 17.7 Å². The predicted octanol–water partition coefficient (Wildman–Crippen LogP) is 7.84. The normalized spacial score (nSPS) is 23.7. The second-order valence-electron chi connectivity index (χ2n) is 17.6. The molecule has 1 saturated carbocycles. The number of rotatable bonds is 16. The molecule has 3 aromatic carbocycles. The van der Waals surface area contributed by atoms with E-state index in [1.54, 1.807) is 12.1 Å². The highest BCUT2D eigenvalue weighted by molar-refractivity contribution is 5.93. The van der Waals surface area contributed by atoms with Crippen molar-refractivity contribution in [3.63, 3.8) is 0 Å². The van der Waals surface area contributed by atoms with Crippen LogP contribution in [-0.4, -0.2) is 58.0 Å². The molecule has 314 valence electrons. The number of unbranched alkanes of at least 4 members (excludes halogenated alkanes) is 3. The van der Waals surface area contributed by atoms with Crippen molar-refractivity contribution in [3.05, 3.63) is 95.1 Å². The minimum absolute atomic E-state index is 0.00521. The summed E-state index contributed by atoms with van der Waals surface area (Å²) in [4.78, 5) is 41.2. The van der Waals surface area contributed by atoms with E-state index in [0.29, 0.717) is 55.7 Å². The molecule has 11 nitrogen and oxygen atoms in total. The first-order chi connectivity index (χ1) is 28.0. The van der Waals surface area contributed by atoms with Crippen LogP contribution in [0, 0.1) is 5.92 Å². The Morgan fingerprint density at radius 1 is 0.793 bits per heavy atom. The molecule has 2 heterocycles. The monoisotopic (exact) mass is 795 g/mol. The fourth-order valence-corrected chi connectivity index (χ4v) is 8.83. The third kappa shape index (κ3) is 12.4. The van der Waals surface area contributed by atoms with E-state index in [1.165, 1.54) is 19.3 Å². The van der Waals surface area contributed by atoms with Gasteiger partial charge in [0.1, 0.15) is 0 Å². The number of fused-ring (bicyclic) bond motifs is 1. The summed E-state index contributed by atoms with van der Waals surface area (Å²) in [6.07, 6.45) is 10.5. The van der Waals surface area contributed by atoms with E-state index < -0.39 is 6.29 Å². The van der Waals surface area contributed by atoms with Crippen LogP contribution in [0.2, 0.25) is 0 Å². The fraction of sp³-hybridized carbons (Fsp3) is 0.553. The van der Waals surface area contributed by atoms with Gasteiger partial charge in [0, 0.05) is 49.5 Å². The van der Waals surface area contributed by atoms with Crippen molar-refractivity contribution in [1.29, 1.82) is 0 Å². The molecule has 0 aromatic heterocycles. The zero-order chi connectivity index (χ0) is 41.1. The van der Waals surface area contributed by atoms with E-state index in [-0.39, 0.29) is 48.1 Å². The van der Waals surface area contributed by atoms with Crippen LogP contribution in [0.25, 0.3) is 0 Å². The van der Waals surface area contributed by atoms with Crippen LogP contribution in [0.5, 0.6) is 0 Å². The van der Waals surface area contributed by atoms with Crippen LogP contribution >= 0.6 is 0 Å². The molecule has 0 bridgehead atoms. The molecule has 3 aliphatic rings. The summed E-state index contributed by atoms with van der Waals surface area (Å²) in [7, 11) is 0. The lowest BCUT2D eigenvalue weighted by Gasteiger charge is -2.50. The number of nitrogens with two attached hydrogens (primary N) is 1. The number of nitrogens with zero attached hydrogens (tertiary/aromatic N) is 1. The summed E-state index contributed by atoms with van der Waals surface area (Å²) in [6.45, 7) is 7.18. The van der Waals surface area contributed by atoms with Crippen LogP contribution in [-0.2, 0) is 37.0 Å². The van der Waals surface area contributed by atoms with Crippen molar-refractivity contribution in [3.8, 4) is 0 Å². The number of aliphatic hydroxyl groups is 1. The van der Waals surface area contributed by atoms with E-state index in [2.05, 4.69) is 20.9 Å². The number of ether oxygens (including phenoxy) is 2. The molecule has 0 radical (unpaired) electrons. The zero-order valence-corrected chi connectivity index (χ0v) is 34.7. The predicted molar refractivity (Wildman–Crippen MR) is 227 cm³/mol. The van der Waals surface area contributed by atoms with Crippen molar-refractivity contribution in [2.75, 3.05) is 17.6 Å². The van der Waals surface area contributed by atoms with E-state index in [9.17, 15) is 19.5 Å². The van der Waals surface area contributed by atoms with Gasteiger partial charge in [-0.3, -0.25) is 19.3 Å². The summed E-state index contributed by atoms with van der Waals surface area (Å²) in [5.74, 6) is 0.655. The number of carbonyl (C=O) groups excluding carboxylic acids is 3. The Morgan fingerprint density at radius 2 is 1.47 bits per heavy atom. The first-order valence-electron chi connectivity index (χ1n) is 21.5. The number of likely N-dealkylation sites (tertiary alicyclic amines) is 1. The van der Waals surface area contributed by atoms with Gasteiger partial charge in [-0.15, -0.1) is 0 Å². The highest BCUT2D eigenvalue weighted by Gasteiger charge is 2.44. The van der Waals surface area contributed by atoms with Gasteiger partial charge in [0.25, 0.3) is 0 Å². The Labute approximate surface area is 344 Å². The molecule has 3 aromatic rings. The quantitative estimate of drug-likeness (QED) is 0.0726. The zero-order valence-electron chi connectivity index (χ0n) is 34.7. The second kappa shape index (κ2) is 20.6. The van der Waals surface area contributed by atoms with E-state index >= 15 is 0 Å². The summed E-state index contributed by atoms with van der Waals surface area (Å²) in [5, 5.41) is 18.9. The lowest BCUT2D eigenvalue weighted by atomic mass is 9.75. The Kier molecular flexibility index (Phi) is 15.4. The highest BCUT2D eigenvalue weighted by atomic mass is 16.7. The summed E-state index contributed by atoms with van der Waals surface area (Å²) < 4.78 is 13.5. The van der Waals surface area contributed by atoms with Crippen LogP contribution in [0.4, 0.5) is 11.4 Å². The number of hydrogen-bond acceptors (Lipinski definition) is 8. The van der Waals surface area contributed by atoms with Crippen LogP contribution in [0.15, 0.2) is 72.8 Å². The largest absolute Gasteiger partial charge is 0.397 e. The summed E-state index contributed by atoms with van der Waals surface area (Å²) in [6, 6.07) is 23.4. The number of nitrogens with one attached hydrogen (secondary N) is 3. The Hall–Kier alpha value is -4.29. The fourth-order valence-electron chi connectivity index (χ4n) is 8.83. The topological polar surface area (TPSA) is 155 Å². The van der Waals surface area contributed by atoms with Crippen LogP contribution in [0.1, 0.15) is 139 Å². The van der Waals surface area contributed by atoms with Gasteiger partial charge in [0.15, 0.2) is 6.29 Å². The minimum Gasteiger partial charge on any atom is -0.397 e. The van der Waals surface area contributed by atoms with Gasteiger partial charge in [-0.05, 0) is 94.0 Å². The molecule has 0 spiro atoms. The number of benzene rings is 3. The summed E-state index contributed by atoms with van der Waals surface area (Å²) >= 11 is 0. The second-order valence-corrected chi connectivity index (χ2v) is 17.6. The smallest absolute Gasteiger partial charge is 0.237 e. The third-order valence-corrected chi connectivity index (χ3v) is 11.9. The number of amides is 3. The lowest BCUT2D eigenvalue weighted by Crippen LogP contribution is -2.61. The molecular formula is C47H65N5O6. The van der Waals surface area contributed by atoms with Crippen LogP contribution in [0.3, 0.4) is 0 Å². The first-order valence-corrected chi connectivity index (χ1v) is 21.5. The average Bonchev–Trinajstić information content (AvgIpc) is 3.21. The van der Waals surface area contributed by atoms with Crippen molar-refractivity contribution >= 4 is 29.1 Å². The molecule has 2 aliphatic heterocycles. The number of para-hydroxylation sites is 2. The van der Waals surface area contributed by atoms with E-state index in [1.807, 2.05) is 81.4 Å². The Morgan fingerprint density at radius 3 is 2.17 bits per heavy atom. The number of piperidine rings is 1. The minimum atomic E-state index is -0.610. The SMILES string of the molecule is CC(C)(C)NC(=O)C1CCC2CCCCC2N1CC1CC(c2ccc(CO)cc2)OC(c2ccc(CNC(=O)CCCCCCC(=O)Nc3ccccc3N)cc2)O1. The van der Waals surface area contributed by atoms with Gasteiger partial charge in [-0.2, -0.15) is 0 Å². The maximum absolute atomic E-state index is 13.8. The number of carbonyl (C=O) groups is 3. The molecule has 1 aliphatic carbocycles. The van der Waals surface area contributed by atoms with Crippen molar-refractivity contribution in [2.24, 2.45) is 5.92 Å². The standard InChI is InChI=1S/C47H65N5O6/c1-47(2,3)51-45(56)41-27-26-34-12-8-11-15-40(34)52(41)30-37-28-42(35-22-20-33(31-53)21-23-35)58-46(57-37)36-24-18-32(19-25-36)29-49-43(54)16-6-4-5-7-17-44(55)50-39-14-10-9-13-38(39)48/h9-10,13-14,18-25,34,37,40-42,46,53H,4-8,11-12,15-17,26-31,48H2,1-3H3,(H,49,54)(H,50,55)(H,51,56). The van der Waals surface area contributed by atoms with Gasteiger partial charge in [-0.1, -0.05) is 86.3 Å². The van der Waals surface area contributed by atoms with E-state index in [4.69, 9.17) is 15.2 Å². The van der Waals surface area contributed by atoms with Crippen molar-refractivity contribution in [2.45, 2.75) is 154 Å². The van der Waals surface area contributed by atoms with Gasteiger partial charge in [0.05, 0.1) is 36.2 Å². The van der Waals surface area contributed by atoms with Gasteiger partial charge >= 0.3 is 0 Å². The molecule has 2 saturated heterocycles. The van der Waals surface area contributed by atoms with Gasteiger partial charge in [-0.25, -0.2) is 0 Å².